The van der Waals surface area contributed by atoms with Crippen molar-refractivity contribution in [2.45, 2.75) is 17.7 Å². The molecule has 4 rings (SSSR count). The number of ether oxygens (including phenoxy) is 2. The molecule has 2 heterocycles. The van der Waals surface area contributed by atoms with Gasteiger partial charge in [-0.2, -0.15) is 0 Å². The highest BCUT2D eigenvalue weighted by Crippen LogP contribution is 2.29. The van der Waals surface area contributed by atoms with E-state index in [1.165, 1.54) is 0 Å². The molecule has 1 aliphatic heterocycles. The molecular weight excluding hydrogens is 308 g/mol. The van der Waals surface area contributed by atoms with Crippen molar-refractivity contribution in [2.75, 3.05) is 19.2 Å². The van der Waals surface area contributed by atoms with Crippen molar-refractivity contribution in [1.82, 2.24) is 9.55 Å². The Kier molecular flexibility index (Phi) is 4.33. The Morgan fingerprint density at radius 2 is 1.91 bits per heavy atom. The Balaban J connectivity index is 1.67. The summed E-state index contributed by atoms with van der Waals surface area (Å²) in [5.74, 6) is 0.888. The third-order valence-corrected chi connectivity index (χ3v) is 4.98. The molecule has 1 fully saturated rings. The molecule has 3 aromatic rings. The van der Waals surface area contributed by atoms with E-state index < -0.39 is 0 Å². The third-order valence-electron chi connectivity index (χ3n) is 3.91. The third kappa shape index (κ3) is 3.13. The zero-order valence-electron chi connectivity index (χ0n) is 12.7. The fraction of sp³-hybridized carbons (Fsp3) is 0.278. The van der Waals surface area contributed by atoms with Crippen LogP contribution in [-0.2, 0) is 9.47 Å². The molecule has 0 unspecified atom stereocenters. The van der Waals surface area contributed by atoms with Crippen LogP contribution in [0.1, 0.15) is 6.42 Å². The average molecular weight is 326 g/mol. The topological polar surface area (TPSA) is 36.3 Å². The van der Waals surface area contributed by atoms with Crippen LogP contribution >= 0.6 is 11.8 Å². The van der Waals surface area contributed by atoms with E-state index in [4.69, 9.17) is 14.5 Å². The quantitative estimate of drug-likeness (QED) is 0.682. The van der Waals surface area contributed by atoms with Crippen molar-refractivity contribution in [3.63, 3.8) is 0 Å². The van der Waals surface area contributed by atoms with Crippen molar-refractivity contribution in [3.8, 4) is 5.69 Å². The number of para-hydroxylation sites is 3. The summed E-state index contributed by atoms with van der Waals surface area (Å²) in [4.78, 5) is 4.81. The van der Waals surface area contributed by atoms with E-state index in [9.17, 15) is 0 Å². The summed E-state index contributed by atoms with van der Waals surface area (Å²) in [6, 6.07) is 18.6. The molecule has 1 saturated heterocycles. The summed E-state index contributed by atoms with van der Waals surface area (Å²) < 4.78 is 13.1. The van der Waals surface area contributed by atoms with Crippen LogP contribution in [0.3, 0.4) is 0 Å². The van der Waals surface area contributed by atoms with Crippen LogP contribution in [0.25, 0.3) is 16.7 Å². The Bertz CT molecular complexity index is 782. The van der Waals surface area contributed by atoms with E-state index in [0.29, 0.717) is 6.79 Å². The molecule has 118 valence electrons. The van der Waals surface area contributed by atoms with Gasteiger partial charge in [0.15, 0.2) is 5.16 Å². The van der Waals surface area contributed by atoms with Crippen molar-refractivity contribution < 1.29 is 9.47 Å². The molecular formula is C18H18N2O2S. The van der Waals surface area contributed by atoms with Gasteiger partial charge in [-0.3, -0.25) is 4.57 Å². The Morgan fingerprint density at radius 3 is 2.74 bits per heavy atom. The Hall–Kier alpha value is -1.82. The number of aromatic nitrogens is 2. The highest BCUT2D eigenvalue weighted by Gasteiger charge is 2.18. The summed E-state index contributed by atoms with van der Waals surface area (Å²) in [5.41, 5.74) is 3.29. The molecule has 5 heteroatoms. The first kappa shape index (κ1) is 14.8. The first-order chi connectivity index (χ1) is 11.4. The van der Waals surface area contributed by atoms with Crippen LogP contribution in [0, 0.1) is 0 Å². The van der Waals surface area contributed by atoms with Gasteiger partial charge in [-0.1, -0.05) is 42.1 Å². The molecule has 4 nitrogen and oxygen atoms in total. The van der Waals surface area contributed by atoms with Crippen molar-refractivity contribution in [1.29, 1.82) is 0 Å². The summed E-state index contributed by atoms with van der Waals surface area (Å²) in [6.45, 7) is 1.18. The fourth-order valence-electron chi connectivity index (χ4n) is 2.73. The lowest BCUT2D eigenvalue weighted by atomic mass is 10.3. The number of imidazole rings is 1. The maximum atomic E-state index is 5.64. The summed E-state index contributed by atoms with van der Waals surface area (Å²) >= 11 is 1.75. The minimum atomic E-state index is 0.234. The van der Waals surface area contributed by atoms with E-state index in [1.54, 1.807) is 11.8 Å². The first-order valence-electron chi connectivity index (χ1n) is 7.77. The first-order valence-corrected chi connectivity index (χ1v) is 8.75. The number of hydrogen-bond acceptors (Lipinski definition) is 4. The maximum absolute atomic E-state index is 5.64. The lowest BCUT2D eigenvalue weighted by Crippen LogP contribution is -2.25. The van der Waals surface area contributed by atoms with Crippen LogP contribution in [0.4, 0.5) is 0 Å². The molecule has 0 bridgehead atoms. The molecule has 0 aliphatic carbocycles. The standard InChI is InChI=1S/C18H18N2O2S/c1-2-6-14(7-3-1)20-17-9-5-4-8-16(17)19-18(20)23-12-15-10-11-21-13-22-15/h1-9,15H,10-13H2/t15-/m1/s1. The van der Waals surface area contributed by atoms with Crippen LogP contribution < -0.4 is 0 Å². The van der Waals surface area contributed by atoms with Gasteiger partial charge in [0.25, 0.3) is 0 Å². The summed E-state index contributed by atoms with van der Waals surface area (Å²) in [7, 11) is 0. The maximum Gasteiger partial charge on any atom is 0.173 e. The normalized spacial score (nSPS) is 18.3. The minimum absolute atomic E-state index is 0.234. The molecule has 1 aromatic heterocycles. The lowest BCUT2D eigenvalue weighted by Gasteiger charge is -2.22. The molecule has 0 amide bonds. The van der Waals surface area contributed by atoms with Gasteiger partial charge in [-0.05, 0) is 30.7 Å². The average Bonchev–Trinajstić information content (AvgIpc) is 3.00. The molecule has 0 saturated carbocycles. The lowest BCUT2D eigenvalue weighted by molar-refractivity contribution is -0.130. The largest absolute Gasteiger partial charge is 0.355 e. The van der Waals surface area contributed by atoms with Gasteiger partial charge < -0.3 is 9.47 Å². The predicted octanol–water partition coefficient (Wildman–Crippen LogP) is 3.88. The highest BCUT2D eigenvalue weighted by molar-refractivity contribution is 7.99. The highest BCUT2D eigenvalue weighted by atomic mass is 32.2. The predicted molar refractivity (Wildman–Crippen MR) is 92.1 cm³/mol. The zero-order valence-corrected chi connectivity index (χ0v) is 13.5. The van der Waals surface area contributed by atoms with Crippen molar-refractivity contribution in [3.05, 3.63) is 54.6 Å². The van der Waals surface area contributed by atoms with E-state index in [1.807, 2.05) is 12.1 Å². The monoisotopic (exact) mass is 326 g/mol. The van der Waals surface area contributed by atoms with Gasteiger partial charge in [0.1, 0.15) is 6.79 Å². The van der Waals surface area contributed by atoms with Crippen molar-refractivity contribution in [2.24, 2.45) is 0 Å². The van der Waals surface area contributed by atoms with Crippen LogP contribution in [0.15, 0.2) is 59.8 Å². The number of benzene rings is 2. The van der Waals surface area contributed by atoms with Crippen LogP contribution in [0.5, 0.6) is 0 Å². The fourth-order valence-corrected chi connectivity index (χ4v) is 3.82. The molecule has 0 radical (unpaired) electrons. The molecule has 23 heavy (non-hydrogen) atoms. The minimum Gasteiger partial charge on any atom is -0.355 e. The van der Waals surface area contributed by atoms with E-state index in [-0.39, 0.29) is 6.10 Å². The Labute approximate surface area is 139 Å². The van der Waals surface area contributed by atoms with E-state index in [2.05, 4.69) is 47.0 Å². The number of fused-ring (bicyclic) bond motifs is 1. The van der Waals surface area contributed by atoms with Gasteiger partial charge in [-0.15, -0.1) is 0 Å². The van der Waals surface area contributed by atoms with Crippen LogP contribution in [0.2, 0.25) is 0 Å². The number of thioether (sulfide) groups is 1. The summed E-state index contributed by atoms with van der Waals surface area (Å²) in [5, 5.41) is 1.01. The molecule has 0 spiro atoms. The Morgan fingerprint density at radius 1 is 1.09 bits per heavy atom. The molecule has 2 aromatic carbocycles. The SMILES string of the molecule is c1ccc(-n2c(SC[C@H]3CCOCO3)nc3ccccc32)cc1. The van der Waals surface area contributed by atoms with E-state index >= 15 is 0 Å². The van der Waals surface area contributed by atoms with Crippen LogP contribution in [-0.4, -0.2) is 34.8 Å². The number of hydrogen-bond donors (Lipinski definition) is 0. The van der Waals surface area contributed by atoms with E-state index in [0.717, 1.165) is 40.7 Å². The van der Waals surface area contributed by atoms with Crippen molar-refractivity contribution >= 4 is 22.8 Å². The second-order valence-electron chi connectivity index (χ2n) is 5.47. The molecule has 0 N–H and O–H groups in total. The van der Waals surface area contributed by atoms with Gasteiger partial charge in [0.05, 0.1) is 23.7 Å². The molecule has 1 aliphatic rings. The van der Waals surface area contributed by atoms with Gasteiger partial charge in [0.2, 0.25) is 0 Å². The van der Waals surface area contributed by atoms with Gasteiger partial charge in [0, 0.05) is 11.4 Å². The number of rotatable bonds is 4. The second-order valence-corrected chi connectivity index (χ2v) is 6.46. The number of nitrogens with zero attached hydrogens (tertiary/aromatic N) is 2. The smallest absolute Gasteiger partial charge is 0.173 e. The van der Waals surface area contributed by atoms with Gasteiger partial charge >= 0.3 is 0 Å². The second kappa shape index (κ2) is 6.74. The van der Waals surface area contributed by atoms with Gasteiger partial charge in [-0.25, -0.2) is 4.98 Å². The summed E-state index contributed by atoms with van der Waals surface area (Å²) in [6.07, 6.45) is 1.18. The zero-order chi connectivity index (χ0) is 15.5. The molecule has 1 atom stereocenters.